The van der Waals surface area contributed by atoms with Gasteiger partial charge in [0.15, 0.2) is 0 Å². The quantitative estimate of drug-likeness (QED) is 0.851. The Balaban J connectivity index is 2.29. The Hall–Kier alpha value is -2.34. The Morgan fingerprint density at radius 2 is 1.90 bits per heavy atom. The van der Waals surface area contributed by atoms with E-state index in [0.717, 1.165) is 24.0 Å². The van der Waals surface area contributed by atoms with Crippen molar-refractivity contribution in [1.82, 2.24) is 0 Å². The topological polar surface area (TPSA) is 49.8 Å². The Kier molecular flexibility index (Phi) is 4.37. The van der Waals surface area contributed by atoms with Gasteiger partial charge in [0.2, 0.25) is 0 Å². The van der Waals surface area contributed by atoms with Gasteiger partial charge in [-0.05, 0) is 48.1 Å². The number of nitriles is 1. The lowest BCUT2D eigenvalue weighted by molar-refractivity contribution is 0.623. The zero-order valence-electron chi connectivity index (χ0n) is 11.4. The molecule has 2 aromatic carbocycles. The smallest absolute Gasteiger partial charge is 0.123 e. The average molecular weight is 268 g/mol. The summed E-state index contributed by atoms with van der Waals surface area (Å²) in [6.45, 7) is 2.09. The maximum atomic E-state index is 12.9. The van der Waals surface area contributed by atoms with Gasteiger partial charge >= 0.3 is 0 Å². The van der Waals surface area contributed by atoms with Crippen LogP contribution in [0.4, 0.5) is 10.1 Å². The number of hydrogen-bond acceptors (Lipinski definition) is 2. The Labute approximate surface area is 118 Å². The summed E-state index contributed by atoms with van der Waals surface area (Å²) in [6, 6.07) is 14.2. The number of nitrogen functional groups attached to an aromatic ring is 1. The molecule has 0 radical (unpaired) electrons. The molecule has 1 unspecified atom stereocenters. The van der Waals surface area contributed by atoms with Gasteiger partial charge < -0.3 is 5.73 Å². The first-order chi connectivity index (χ1) is 9.65. The van der Waals surface area contributed by atoms with Crippen LogP contribution in [-0.2, 0) is 6.42 Å². The van der Waals surface area contributed by atoms with Gasteiger partial charge in [0.25, 0.3) is 0 Å². The van der Waals surface area contributed by atoms with Crippen LogP contribution in [0.2, 0.25) is 0 Å². The normalized spacial score (nSPS) is 11.8. The highest BCUT2D eigenvalue weighted by Crippen LogP contribution is 2.30. The lowest BCUT2D eigenvalue weighted by Gasteiger charge is -2.18. The molecule has 2 nitrogen and oxygen atoms in total. The molecular weight excluding hydrogens is 251 g/mol. The second-order valence-electron chi connectivity index (χ2n) is 4.86. The van der Waals surface area contributed by atoms with Crippen molar-refractivity contribution in [3.05, 3.63) is 65.0 Å². The van der Waals surface area contributed by atoms with Crippen molar-refractivity contribution >= 4 is 5.69 Å². The zero-order valence-corrected chi connectivity index (χ0v) is 11.4. The summed E-state index contributed by atoms with van der Waals surface area (Å²) < 4.78 is 12.9. The largest absolute Gasteiger partial charge is 0.397 e. The minimum absolute atomic E-state index is 0.229. The van der Waals surface area contributed by atoms with E-state index in [1.165, 1.54) is 12.1 Å². The van der Waals surface area contributed by atoms with Crippen LogP contribution in [0.25, 0.3) is 0 Å². The zero-order chi connectivity index (χ0) is 14.5. The van der Waals surface area contributed by atoms with Gasteiger partial charge in [-0.2, -0.15) is 5.26 Å². The fraction of sp³-hybridized carbons (Fsp3) is 0.235. The predicted molar refractivity (Wildman–Crippen MR) is 78.7 cm³/mol. The summed E-state index contributed by atoms with van der Waals surface area (Å²) in [7, 11) is 0. The highest BCUT2D eigenvalue weighted by Gasteiger charge is 2.15. The third-order valence-electron chi connectivity index (χ3n) is 3.59. The van der Waals surface area contributed by atoms with Crippen molar-refractivity contribution in [2.45, 2.75) is 25.7 Å². The molecule has 0 aromatic heterocycles. The minimum Gasteiger partial charge on any atom is -0.397 e. The number of rotatable bonds is 4. The number of para-hydroxylation sites is 1. The fourth-order valence-electron chi connectivity index (χ4n) is 2.42. The van der Waals surface area contributed by atoms with E-state index in [-0.39, 0.29) is 11.7 Å². The average Bonchev–Trinajstić information content (AvgIpc) is 2.47. The number of nitrogens with zero attached hydrogens (tertiary/aromatic N) is 1. The van der Waals surface area contributed by atoms with E-state index in [9.17, 15) is 4.39 Å². The van der Waals surface area contributed by atoms with E-state index in [1.54, 1.807) is 18.2 Å². The van der Waals surface area contributed by atoms with E-state index in [4.69, 9.17) is 11.0 Å². The molecule has 2 rings (SSSR count). The Morgan fingerprint density at radius 3 is 2.50 bits per heavy atom. The lowest BCUT2D eigenvalue weighted by Crippen LogP contribution is -2.06. The maximum Gasteiger partial charge on any atom is 0.123 e. The molecule has 0 bridgehead atoms. The van der Waals surface area contributed by atoms with Crippen LogP contribution >= 0.6 is 0 Å². The summed E-state index contributed by atoms with van der Waals surface area (Å²) in [5.41, 5.74) is 9.20. The van der Waals surface area contributed by atoms with Crippen LogP contribution in [0.1, 0.15) is 36.0 Å². The highest BCUT2D eigenvalue weighted by molar-refractivity contribution is 5.60. The van der Waals surface area contributed by atoms with Crippen molar-refractivity contribution in [3.63, 3.8) is 0 Å². The molecule has 3 heteroatoms. The van der Waals surface area contributed by atoms with Gasteiger partial charge in [-0.25, -0.2) is 4.39 Å². The van der Waals surface area contributed by atoms with Crippen molar-refractivity contribution < 1.29 is 4.39 Å². The molecule has 0 aliphatic carbocycles. The summed E-state index contributed by atoms with van der Waals surface area (Å²) in [5, 5.41) is 9.05. The molecule has 0 saturated carbocycles. The molecule has 0 aliphatic heterocycles. The first kappa shape index (κ1) is 14.1. The van der Waals surface area contributed by atoms with E-state index in [2.05, 4.69) is 13.0 Å². The summed E-state index contributed by atoms with van der Waals surface area (Å²) in [4.78, 5) is 0. The molecule has 0 fully saturated rings. The van der Waals surface area contributed by atoms with Crippen LogP contribution in [0.3, 0.4) is 0 Å². The van der Waals surface area contributed by atoms with Crippen LogP contribution in [0.15, 0.2) is 42.5 Å². The molecule has 20 heavy (non-hydrogen) atoms. The van der Waals surface area contributed by atoms with Gasteiger partial charge in [0, 0.05) is 0 Å². The highest BCUT2D eigenvalue weighted by atomic mass is 19.1. The third kappa shape index (κ3) is 2.97. The number of hydrogen-bond donors (Lipinski definition) is 1. The molecular formula is C17H17FN2. The molecule has 0 saturated heterocycles. The number of halogens is 1. The van der Waals surface area contributed by atoms with Gasteiger partial charge in [0.1, 0.15) is 11.9 Å². The molecule has 2 N–H and O–H groups in total. The first-order valence-electron chi connectivity index (χ1n) is 6.68. The van der Waals surface area contributed by atoms with Crippen LogP contribution in [-0.4, -0.2) is 0 Å². The van der Waals surface area contributed by atoms with Gasteiger partial charge in [-0.1, -0.05) is 31.2 Å². The predicted octanol–water partition coefficient (Wildman–Crippen LogP) is 4.02. The van der Waals surface area contributed by atoms with Gasteiger partial charge in [-0.15, -0.1) is 0 Å². The molecule has 2 aromatic rings. The third-order valence-corrected chi connectivity index (χ3v) is 3.59. The number of benzene rings is 2. The number of anilines is 1. The van der Waals surface area contributed by atoms with Gasteiger partial charge in [0.05, 0.1) is 11.3 Å². The fourth-order valence-corrected chi connectivity index (χ4v) is 2.42. The van der Waals surface area contributed by atoms with Crippen molar-refractivity contribution in [1.29, 1.82) is 5.26 Å². The van der Waals surface area contributed by atoms with Crippen LogP contribution < -0.4 is 5.73 Å². The van der Waals surface area contributed by atoms with E-state index in [1.807, 2.05) is 12.1 Å². The minimum atomic E-state index is -0.229. The summed E-state index contributed by atoms with van der Waals surface area (Å²) in [6.07, 6.45) is 1.70. The molecule has 0 amide bonds. The summed E-state index contributed by atoms with van der Waals surface area (Å²) >= 11 is 0. The standard InChI is InChI=1S/C17H17FN2/c1-2-13(10-12-6-8-15(18)9-7-12)16-5-3-4-14(11-19)17(16)20/h3-9,13H,2,10,20H2,1H3. The maximum absolute atomic E-state index is 12.9. The summed E-state index contributed by atoms with van der Waals surface area (Å²) in [5.74, 6) is 0.00144. The van der Waals surface area contributed by atoms with E-state index >= 15 is 0 Å². The van der Waals surface area contributed by atoms with Crippen molar-refractivity contribution in [2.75, 3.05) is 5.73 Å². The van der Waals surface area contributed by atoms with Crippen molar-refractivity contribution in [2.24, 2.45) is 0 Å². The molecule has 1 atom stereocenters. The molecule has 0 aliphatic rings. The van der Waals surface area contributed by atoms with Crippen LogP contribution in [0, 0.1) is 17.1 Å². The van der Waals surface area contributed by atoms with E-state index < -0.39 is 0 Å². The lowest BCUT2D eigenvalue weighted by atomic mass is 9.88. The molecule has 0 spiro atoms. The first-order valence-corrected chi connectivity index (χ1v) is 6.68. The monoisotopic (exact) mass is 268 g/mol. The Bertz CT molecular complexity index is 626. The van der Waals surface area contributed by atoms with Crippen LogP contribution in [0.5, 0.6) is 0 Å². The number of nitrogens with two attached hydrogens (primary N) is 1. The molecule has 0 heterocycles. The Morgan fingerprint density at radius 1 is 1.20 bits per heavy atom. The van der Waals surface area contributed by atoms with Gasteiger partial charge in [-0.3, -0.25) is 0 Å². The SMILES string of the molecule is CCC(Cc1ccc(F)cc1)c1cccc(C#N)c1N. The molecule has 102 valence electrons. The van der Waals surface area contributed by atoms with E-state index in [0.29, 0.717) is 11.3 Å². The van der Waals surface area contributed by atoms with Crippen molar-refractivity contribution in [3.8, 4) is 6.07 Å². The second kappa shape index (κ2) is 6.21. The second-order valence-corrected chi connectivity index (χ2v) is 4.86.